The lowest BCUT2D eigenvalue weighted by Gasteiger charge is -2.23. The number of rotatable bonds is 6. The summed E-state index contributed by atoms with van der Waals surface area (Å²) in [5.74, 6) is 0.670. The van der Waals surface area contributed by atoms with E-state index in [4.69, 9.17) is 21.1 Å². The van der Waals surface area contributed by atoms with Crippen LogP contribution < -0.4 is 0 Å². The van der Waals surface area contributed by atoms with E-state index in [2.05, 4.69) is 9.55 Å². The Balaban J connectivity index is 1.40. The van der Waals surface area contributed by atoms with Crippen LogP contribution >= 0.6 is 23.4 Å². The van der Waals surface area contributed by atoms with Crippen molar-refractivity contribution in [1.29, 1.82) is 0 Å². The molecule has 2 aliphatic rings. The average Bonchev–Trinajstić information content (AvgIpc) is 3.15. The van der Waals surface area contributed by atoms with E-state index in [0.717, 1.165) is 22.2 Å². The highest BCUT2D eigenvalue weighted by Gasteiger charge is 2.37. The predicted octanol–water partition coefficient (Wildman–Crippen LogP) is 5.32. The maximum atomic E-state index is 13.4. The molecule has 0 saturated heterocycles. The molecular weight excluding hydrogens is 420 g/mol. The maximum absolute atomic E-state index is 13.4. The number of benzene rings is 1. The number of amides is 1. The zero-order valence-electron chi connectivity index (χ0n) is 16.4. The van der Waals surface area contributed by atoms with E-state index in [0.29, 0.717) is 17.5 Å². The lowest BCUT2D eigenvalue weighted by Crippen LogP contribution is -2.33. The minimum absolute atomic E-state index is 0.0595. The number of nitrogens with zero attached hydrogens (tertiary/aromatic N) is 4. The molecular formula is C22H21ClN4O2S. The first-order valence-corrected chi connectivity index (χ1v) is 11.3. The van der Waals surface area contributed by atoms with E-state index in [-0.39, 0.29) is 17.2 Å². The van der Waals surface area contributed by atoms with Crippen LogP contribution in [-0.2, 0) is 4.79 Å². The Hall–Kier alpha value is -2.51. The summed E-state index contributed by atoms with van der Waals surface area (Å²) in [7, 11) is 0. The van der Waals surface area contributed by atoms with Crippen molar-refractivity contribution in [1.82, 2.24) is 14.6 Å². The van der Waals surface area contributed by atoms with E-state index in [1.807, 2.05) is 49.5 Å². The van der Waals surface area contributed by atoms with Crippen molar-refractivity contribution in [3.05, 3.63) is 71.4 Å². The minimum atomic E-state index is -0.323. The van der Waals surface area contributed by atoms with Gasteiger partial charge in [0.1, 0.15) is 11.8 Å². The van der Waals surface area contributed by atoms with Gasteiger partial charge in [-0.3, -0.25) is 4.79 Å². The molecule has 0 bridgehead atoms. The van der Waals surface area contributed by atoms with Crippen molar-refractivity contribution in [2.75, 3.05) is 0 Å². The summed E-state index contributed by atoms with van der Waals surface area (Å²) in [6, 6.07) is 11.5. The number of thioether (sulfide) groups is 1. The van der Waals surface area contributed by atoms with Crippen LogP contribution in [0.25, 0.3) is 0 Å². The third-order valence-corrected chi connectivity index (χ3v) is 6.72. The summed E-state index contributed by atoms with van der Waals surface area (Å²) < 4.78 is 7.81. The van der Waals surface area contributed by atoms with Crippen LogP contribution in [0.3, 0.4) is 0 Å². The number of imidazole rings is 1. The molecule has 2 aromatic heterocycles. The standard InChI is InChI=1S/C22H21ClN4O2S/c1-14(30-22-24-10-11-26(22)17-8-9-17)21(28)27-19(20-3-2-12-29-20)13-18(25-27)15-4-6-16(23)7-5-15/h2-7,10-12,14,17,19H,8-9,13H2,1H3. The molecule has 0 spiro atoms. The molecule has 1 fully saturated rings. The summed E-state index contributed by atoms with van der Waals surface area (Å²) in [5, 5.41) is 7.51. The summed E-state index contributed by atoms with van der Waals surface area (Å²) in [5.41, 5.74) is 1.80. The molecule has 2 atom stereocenters. The van der Waals surface area contributed by atoms with Gasteiger partial charge in [0.15, 0.2) is 5.16 Å². The molecule has 0 radical (unpaired) electrons. The normalized spacial score (nSPS) is 19.7. The topological polar surface area (TPSA) is 63.6 Å². The van der Waals surface area contributed by atoms with E-state index in [1.54, 1.807) is 17.5 Å². The van der Waals surface area contributed by atoms with Crippen LogP contribution in [0.4, 0.5) is 0 Å². The number of hydrogen-bond donors (Lipinski definition) is 0. The van der Waals surface area contributed by atoms with Crippen molar-refractivity contribution in [2.24, 2.45) is 5.10 Å². The second-order valence-electron chi connectivity index (χ2n) is 7.58. The van der Waals surface area contributed by atoms with E-state index < -0.39 is 0 Å². The number of aromatic nitrogens is 2. The van der Waals surface area contributed by atoms with Gasteiger partial charge < -0.3 is 8.98 Å². The van der Waals surface area contributed by atoms with Crippen LogP contribution in [0.2, 0.25) is 5.02 Å². The molecule has 0 N–H and O–H groups in total. The highest BCUT2D eigenvalue weighted by atomic mass is 35.5. The molecule has 154 valence electrons. The molecule has 1 saturated carbocycles. The number of carbonyl (C=O) groups excluding carboxylic acids is 1. The predicted molar refractivity (Wildman–Crippen MR) is 117 cm³/mol. The smallest absolute Gasteiger partial charge is 0.256 e. The van der Waals surface area contributed by atoms with Crippen molar-refractivity contribution in [3.63, 3.8) is 0 Å². The van der Waals surface area contributed by atoms with Gasteiger partial charge in [0.05, 0.1) is 17.2 Å². The van der Waals surface area contributed by atoms with Gasteiger partial charge in [-0.15, -0.1) is 0 Å². The van der Waals surface area contributed by atoms with Gasteiger partial charge in [0.25, 0.3) is 5.91 Å². The summed E-state index contributed by atoms with van der Waals surface area (Å²) in [4.78, 5) is 17.9. The molecule has 1 aromatic carbocycles. The zero-order chi connectivity index (χ0) is 20.7. The quantitative estimate of drug-likeness (QED) is 0.486. The lowest BCUT2D eigenvalue weighted by molar-refractivity contribution is -0.132. The van der Waals surface area contributed by atoms with Gasteiger partial charge in [-0.2, -0.15) is 5.10 Å². The fourth-order valence-corrected chi connectivity index (χ4v) is 4.75. The lowest BCUT2D eigenvalue weighted by atomic mass is 10.0. The molecule has 1 amide bonds. The number of furan rings is 1. The number of hydrazone groups is 1. The van der Waals surface area contributed by atoms with Crippen molar-refractivity contribution in [3.8, 4) is 0 Å². The fraction of sp³-hybridized carbons (Fsp3) is 0.318. The number of carbonyl (C=O) groups is 1. The van der Waals surface area contributed by atoms with Crippen LogP contribution in [0, 0.1) is 0 Å². The van der Waals surface area contributed by atoms with Gasteiger partial charge in [-0.25, -0.2) is 9.99 Å². The Labute approximate surface area is 183 Å². The average molecular weight is 441 g/mol. The van der Waals surface area contributed by atoms with E-state index in [9.17, 15) is 4.79 Å². The van der Waals surface area contributed by atoms with Crippen molar-refractivity contribution in [2.45, 2.75) is 48.7 Å². The Morgan fingerprint density at radius 3 is 2.77 bits per heavy atom. The Bertz CT molecular complexity index is 1070. The number of hydrogen-bond acceptors (Lipinski definition) is 5. The Morgan fingerprint density at radius 2 is 2.07 bits per heavy atom. The minimum Gasteiger partial charge on any atom is -0.467 e. The van der Waals surface area contributed by atoms with Crippen LogP contribution in [-0.4, -0.2) is 31.4 Å². The first kappa shape index (κ1) is 19.5. The SMILES string of the molecule is CC(Sc1nccn1C1CC1)C(=O)N1N=C(c2ccc(Cl)cc2)CC1c1ccco1. The first-order chi connectivity index (χ1) is 14.6. The highest BCUT2D eigenvalue weighted by Crippen LogP contribution is 2.40. The Morgan fingerprint density at radius 1 is 1.27 bits per heavy atom. The molecule has 2 unspecified atom stereocenters. The molecule has 8 heteroatoms. The second-order valence-corrected chi connectivity index (χ2v) is 9.32. The van der Waals surface area contributed by atoms with Crippen LogP contribution in [0.15, 0.2) is 69.7 Å². The summed E-state index contributed by atoms with van der Waals surface area (Å²) >= 11 is 7.51. The monoisotopic (exact) mass is 440 g/mol. The van der Waals surface area contributed by atoms with Gasteiger partial charge in [-0.05, 0) is 49.6 Å². The van der Waals surface area contributed by atoms with Crippen LogP contribution in [0.1, 0.15) is 49.6 Å². The van der Waals surface area contributed by atoms with E-state index in [1.165, 1.54) is 24.6 Å². The zero-order valence-corrected chi connectivity index (χ0v) is 18.0. The second kappa shape index (κ2) is 7.96. The highest BCUT2D eigenvalue weighted by molar-refractivity contribution is 8.00. The van der Waals surface area contributed by atoms with Gasteiger partial charge in [0.2, 0.25) is 0 Å². The molecule has 3 aromatic rings. The summed E-state index contributed by atoms with van der Waals surface area (Å²) in [6.07, 6.45) is 8.37. The van der Waals surface area contributed by atoms with Gasteiger partial charge in [0, 0.05) is 29.9 Å². The first-order valence-electron chi connectivity index (χ1n) is 9.99. The number of halogens is 1. The third kappa shape index (κ3) is 3.79. The molecule has 1 aliphatic heterocycles. The van der Waals surface area contributed by atoms with Crippen LogP contribution in [0.5, 0.6) is 0 Å². The van der Waals surface area contributed by atoms with Crippen molar-refractivity contribution < 1.29 is 9.21 Å². The summed E-state index contributed by atoms with van der Waals surface area (Å²) in [6.45, 7) is 1.91. The third-order valence-electron chi connectivity index (χ3n) is 5.39. The molecule has 6 nitrogen and oxygen atoms in total. The van der Waals surface area contributed by atoms with Gasteiger partial charge in [-0.1, -0.05) is 35.5 Å². The Kier molecular flexibility index (Phi) is 5.16. The van der Waals surface area contributed by atoms with E-state index >= 15 is 0 Å². The molecule has 5 rings (SSSR count). The fourth-order valence-electron chi connectivity index (χ4n) is 3.65. The maximum Gasteiger partial charge on any atom is 0.256 e. The van der Waals surface area contributed by atoms with Gasteiger partial charge >= 0.3 is 0 Å². The van der Waals surface area contributed by atoms with Crippen molar-refractivity contribution >= 4 is 35.0 Å². The largest absolute Gasteiger partial charge is 0.467 e. The molecule has 30 heavy (non-hydrogen) atoms. The molecule has 3 heterocycles. The molecule has 1 aliphatic carbocycles.